The Kier molecular flexibility index (Phi) is 3.79. The number of alkyl halides is 4. The number of carbonyl (C=O) groups is 1. The van der Waals surface area contributed by atoms with E-state index in [4.69, 9.17) is 16.9 Å². The van der Waals surface area contributed by atoms with Gasteiger partial charge in [0.2, 0.25) is 0 Å². The van der Waals surface area contributed by atoms with E-state index in [2.05, 4.69) is 0 Å². The number of hydrogen-bond donors (Lipinski definition) is 0. The van der Waals surface area contributed by atoms with Crippen molar-refractivity contribution in [3.63, 3.8) is 0 Å². The molecular weight excluding hydrogens is 255 g/mol. The molecule has 0 aliphatic heterocycles. The van der Waals surface area contributed by atoms with Gasteiger partial charge in [-0.2, -0.15) is 18.4 Å². The van der Waals surface area contributed by atoms with Gasteiger partial charge in [0.15, 0.2) is 5.78 Å². The van der Waals surface area contributed by atoms with Gasteiger partial charge in [-0.25, -0.2) is 0 Å². The number of nitriles is 1. The summed E-state index contributed by atoms with van der Waals surface area (Å²) in [5.74, 6) is -1.35. The first-order chi connectivity index (χ1) is 7.81. The number of benzene rings is 1. The van der Waals surface area contributed by atoms with Gasteiger partial charge in [-0.05, 0) is 24.6 Å². The molecule has 2 nitrogen and oxygen atoms in total. The van der Waals surface area contributed by atoms with Crippen molar-refractivity contribution in [2.45, 2.75) is 13.1 Å². The lowest BCUT2D eigenvalue weighted by Gasteiger charge is -2.13. The van der Waals surface area contributed by atoms with Gasteiger partial charge in [-0.15, -0.1) is 11.6 Å². The molecule has 0 fully saturated rings. The van der Waals surface area contributed by atoms with Crippen molar-refractivity contribution in [2.75, 3.05) is 5.88 Å². The Bertz CT molecular complexity index is 503. The number of aryl methyl sites for hydroxylation is 1. The van der Waals surface area contributed by atoms with E-state index in [-0.39, 0.29) is 5.56 Å². The molecule has 1 aromatic carbocycles. The molecule has 0 amide bonds. The zero-order valence-electron chi connectivity index (χ0n) is 8.73. The summed E-state index contributed by atoms with van der Waals surface area (Å²) in [6, 6.07) is 3.37. The minimum Gasteiger partial charge on any atom is -0.293 e. The van der Waals surface area contributed by atoms with Crippen LogP contribution in [0.4, 0.5) is 13.2 Å². The van der Waals surface area contributed by atoms with Crippen LogP contribution in [0.3, 0.4) is 0 Å². The van der Waals surface area contributed by atoms with E-state index in [1.807, 2.05) is 0 Å². The first-order valence-electron chi connectivity index (χ1n) is 4.52. The van der Waals surface area contributed by atoms with Crippen molar-refractivity contribution in [1.82, 2.24) is 0 Å². The Morgan fingerprint density at radius 1 is 1.47 bits per heavy atom. The summed E-state index contributed by atoms with van der Waals surface area (Å²) in [5.41, 5.74) is -1.41. The molecule has 1 aromatic rings. The zero-order chi connectivity index (χ0) is 13.2. The van der Waals surface area contributed by atoms with Gasteiger partial charge in [-0.1, -0.05) is 0 Å². The van der Waals surface area contributed by atoms with E-state index >= 15 is 0 Å². The van der Waals surface area contributed by atoms with Gasteiger partial charge in [0.05, 0.1) is 23.1 Å². The maximum atomic E-state index is 12.7. The third kappa shape index (κ3) is 2.77. The molecule has 0 bridgehead atoms. The molecule has 0 saturated carbocycles. The molecule has 0 aliphatic rings. The van der Waals surface area contributed by atoms with E-state index in [1.54, 1.807) is 6.07 Å². The van der Waals surface area contributed by atoms with Crippen molar-refractivity contribution in [3.8, 4) is 6.07 Å². The number of rotatable bonds is 2. The van der Waals surface area contributed by atoms with Crippen LogP contribution >= 0.6 is 11.6 Å². The molecule has 0 N–H and O–H groups in total. The highest BCUT2D eigenvalue weighted by molar-refractivity contribution is 6.30. The van der Waals surface area contributed by atoms with Gasteiger partial charge in [0.1, 0.15) is 0 Å². The maximum Gasteiger partial charge on any atom is 0.417 e. The number of hydrogen-bond acceptors (Lipinski definition) is 2. The van der Waals surface area contributed by atoms with Gasteiger partial charge in [-0.3, -0.25) is 4.79 Å². The third-order valence-corrected chi connectivity index (χ3v) is 2.45. The fourth-order valence-electron chi connectivity index (χ4n) is 1.37. The second-order valence-corrected chi connectivity index (χ2v) is 3.65. The van der Waals surface area contributed by atoms with E-state index in [0.29, 0.717) is 11.6 Å². The number of nitrogens with zero attached hydrogens (tertiary/aromatic N) is 1. The summed E-state index contributed by atoms with van der Waals surface area (Å²) in [7, 11) is 0. The standard InChI is InChI=1S/C11H7ClF3NO/c1-6-2-8(10(17)4-12)9(11(13,14)15)3-7(6)5-16/h2-3H,4H2,1H3. The van der Waals surface area contributed by atoms with Crippen LogP contribution in [0, 0.1) is 18.3 Å². The summed E-state index contributed by atoms with van der Waals surface area (Å²) in [6.07, 6.45) is -4.68. The summed E-state index contributed by atoms with van der Waals surface area (Å²) < 4.78 is 38.1. The molecule has 0 saturated heterocycles. The third-order valence-electron chi connectivity index (χ3n) is 2.21. The molecule has 0 atom stereocenters. The van der Waals surface area contributed by atoms with Crippen LogP contribution in [0.25, 0.3) is 0 Å². The van der Waals surface area contributed by atoms with Crippen LogP contribution in [0.1, 0.15) is 27.0 Å². The Labute approximate surface area is 101 Å². The lowest BCUT2D eigenvalue weighted by molar-refractivity contribution is -0.137. The minimum atomic E-state index is -4.68. The van der Waals surface area contributed by atoms with E-state index in [0.717, 1.165) is 6.07 Å². The Morgan fingerprint density at radius 2 is 2.06 bits per heavy atom. The molecule has 0 spiro atoms. The van der Waals surface area contributed by atoms with E-state index in [1.165, 1.54) is 6.92 Å². The largest absolute Gasteiger partial charge is 0.417 e. The topological polar surface area (TPSA) is 40.9 Å². The highest BCUT2D eigenvalue weighted by Gasteiger charge is 2.35. The fourth-order valence-corrected chi connectivity index (χ4v) is 1.51. The quantitative estimate of drug-likeness (QED) is 0.605. The molecule has 90 valence electrons. The van der Waals surface area contributed by atoms with E-state index in [9.17, 15) is 18.0 Å². The molecule has 1 rings (SSSR count). The van der Waals surface area contributed by atoms with E-state index < -0.39 is 29.0 Å². The Hall–Kier alpha value is -1.54. The van der Waals surface area contributed by atoms with Gasteiger partial charge in [0.25, 0.3) is 0 Å². The molecule has 0 radical (unpaired) electrons. The smallest absolute Gasteiger partial charge is 0.293 e. The summed E-state index contributed by atoms with van der Waals surface area (Å²) in [4.78, 5) is 11.3. The zero-order valence-corrected chi connectivity index (χ0v) is 9.49. The molecule has 0 aromatic heterocycles. The average molecular weight is 262 g/mol. The van der Waals surface area contributed by atoms with Crippen LogP contribution in [0.15, 0.2) is 12.1 Å². The van der Waals surface area contributed by atoms with Crippen LogP contribution in [-0.2, 0) is 6.18 Å². The predicted molar refractivity (Wildman–Crippen MR) is 55.9 cm³/mol. The minimum absolute atomic E-state index is 0.108. The van der Waals surface area contributed by atoms with Gasteiger partial charge >= 0.3 is 6.18 Å². The number of halogens is 4. The molecule has 17 heavy (non-hydrogen) atoms. The fraction of sp³-hybridized carbons (Fsp3) is 0.273. The number of Topliss-reactive ketones (excluding diaryl/α,β-unsaturated/α-hetero) is 1. The molecule has 0 unspecified atom stereocenters. The van der Waals surface area contributed by atoms with Crippen molar-refractivity contribution in [3.05, 3.63) is 34.4 Å². The molecular formula is C11H7ClF3NO. The van der Waals surface area contributed by atoms with Crippen LogP contribution < -0.4 is 0 Å². The first-order valence-corrected chi connectivity index (χ1v) is 5.05. The van der Waals surface area contributed by atoms with Crippen molar-refractivity contribution < 1.29 is 18.0 Å². The average Bonchev–Trinajstić information content (AvgIpc) is 2.26. The molecule has 0 aliphatic carbocycles. The van der Waals surface area contributed by atoms with Crippen molar-refractivity contribution in [2.24, 2.45) is 0 Å². The number of carbonyl (C=O) groups excluding carboxylic acids is 1. The summed E-state index contributed by atoms with van der Waals surface area (Å²) in [6.45, 7) is 1.46. The Morgan fingerprint density at radius 3 is 2.47 bits per heavy atom. The lowest BCUT2D eigenvalue weighted by atomic mass is 9.97. The number of ketones is 1. The first kappa shape index (κ1) is 13.5. The van der Waals surface area contributed by atoms with Crippen LogP contribution in [0.5, 0.6) is 0 Å². The molecule has 0 heterocycles. The SMILES string of the molecule is Cc1cc(C(=O)CCl)c(C(F)(F)F)cc1C#N. The van der Waals surface area contributed by atoms with Crippen LogP contribution in [0.2, 0.25) is 0 Å². The monoisotopic (exact) mass is 261 g/mol. The van der Waals surface area contributed by atoms with Crippen LogP contribution in [-0.4, -0.2) is 11.7 Å². The second kappa shape index (κ2) is 4.76. The second-order valence-electron chi connectivity index (χ2n) is 3.38. The normalized spacial score (nSPS) is 11.1. The van der Waals surface area contributed by atoms with Gasteiger partial charge < -0.3 is 0 Å². The van der Waals surface area contributed by atoms with Crippen molar-refractivity contribution >= 4 is 17.4 Å². The molecule has 6 heteroatoms. The Balaban J connectivity index is 3.54. The lowest BCUT2D eigenvalue weighted by Crippen LogP contribution is -2.15. The summed E-state index contributed by atoms with van der Waals surface area (Å²) >= 11 is 5.25. The highest BCUT2D eigenvalue weighted by Crippen LogP contribution is 2.34. The highest BCUT2D eigenvalue weighted by atomic mass is 35.5. The van der Waals surface area contributed by atoms with Crippen molar-refractivity contribution in [1.29, 1.82) is 5.26 Å². The summed E-state index contributed by atoms with van der Waals surface area (Å²) in [5, 5.41) is 8.67. The van der Waals surface area contributed by atoms with Gasteiger partial charge in [0, 0.05) is 5.56 Å². The predicted octanol–water partition coefficient (Wildman–Crippen LogP) is 3.31. The maximum absolute atomic E-state index is 12.7.